The minimum absolute atomic E-state index is 0.00334. The first-order valence-electron chi connectivity index (χ1n) is 5.81. The van der Waals surface area contributed by atoms with E-state index in [1.54, 1.807) is 13.4 Å². The van der Waals surface area contributed by atoms with Gasteiger partial charge in [-0.3, -0.25) is 0 Å². The largest absolute Gasteiger partial charge is 0.496 e. The molecular weight excluding hydrogens is 228 g/mol. The Morgan fingerprint density at radius 1 is 1.28 bits per heavy atom. The van der Waals surface area contributed by atoms with E-state index < -0.39 is 0 Å². The highest BCUT2D eigenvalue weighted by molar-refractivity contribution is 5.63. The van der Waals surface area contributed by atoms with Gasteiger partial charge < -0.3 is 14.9 Å². The summed E-state index contributed by atoms with van der Waals surface area (Å²) in [6, 6.07) is 6.14. The molecule has 0 aliphatic heterocycles. The Kier molecular flexibility index (Phi) is 3.03. The van der Waals surface area contributed by atoms with Gasteiger partial charge in [-0.05, 0) is 23.6 Å². The van der Waals surface area contributed by atoms with E-state index in [1.807, 2.05) is 12.1 Å². The molecule has 1 heterocycles. The van der Waals surface area contributed by atoms with Gasteiger partial charge in [0.2, 0.25) is 0 Å². The molecule has 2 aromatic rings. The van der Waals surface area contributed by atoms with Gasteiger partial charge in [0.1, 0.15) is 17.7 Å². The molecule has 0 fully saturated rings. The van der Waals surface area contributed by atoms with Crippen LogP contribution in [0.15, 0.2) is 28.9 Å². The van der Waals surface area contributed by atoms with Crippen LogP contribution in [0.5, 0.6) is 5.75 Å². The third kappa shape index (κ3) is 2.32. The maximum Gasteiger partial charge on any atom is 0.292 e. The number of oxazole rings is 1. The number of hydrogen-bond acceptors (Lipinski definition) is 4. The second kappa shape index (κ2) is 4.37. The van der Waals surface area contributed by atoms with Crippen LogP contribution in [0.2, 0.25) is 0 Å². The number of methoxy groups -OCH3 is 1. The molecule has 0 bridgehead atoms. The predicted molar refractivity (Wildman–Crippen MR) is 71.6 cm³/mol. The first-order valence-corrected chi connectivity index (χ1v) is 5.81. The standard InChI is InChI=1S/C14H18N2O2/c1-14(2,3)10-7-9(5-6-12(10)17-4)11-8-18-13(15)16-11/h5-8H,1-4H3,(H2,15,16). The molecule has 0 amide bonds. The molecular formula is C14H18N2O2. The molecule has 0 saturated heterocycles. The third-order valence-electron chi connectivity index (χ3n) is 2.83. The van der Waals surface area contributed by atoms with Crippen molar-refractivity contribution >= 4 is 6.01 Å². The first-order chi connectivity index (χ1) is 8.41. The summed E-state index contributed by atoms with van der Waals surface area (Å²) in [5.74, 6) is 0.878. The monoisotopic (exact) mass is 246 g/mol. The van der Waals surface area contributed by atoms with Crippen molar-refractivity contribution in [1.29, 1.82) is 0 Å². The van der Waals surface area contributed by atoms with E-state index in [4.69, 9.17) is 14.9 Å². The van der Waals surface area contributed by atoms with Gasteiger partial charge in [0.05, 0.1) is 7.11 Å². The van der Waals surface area contributed by atoms with E-state index >= 15 is 0 Å². The van der Waals surface area contributed by atoms with Crippen molar-refractivity contribution in [2.24, 2.45) is 0 Å². The van der Waals surface area contributed by atoms with Crippen LogP contribution in [-0.2, 0) is 5.41 Å². The number of aromatic nitrogens is 1. The minimum atomic E-state index is -0.00334. The number of nitrogens with two attached hydrogens (primary N) is 1. The number of hydrogen-bond donors (Lipinski definition) is 1. The van der Waals surface area contributed by atoms with Gasteiger partial charge in [-0.15, -0.1) is 0 Å². The zero-order valence-corrected chi connectivity index (χ0v) is 11.2. The van der Waals surface area contributed by atoms with Crippen LogP contribution in [0.4, 0.5) is 6.01 Å². The molecule has 0 aliphatic carbocycles. The van der Waals surface area contributed by atoms with E-state index in [1.165, 1.54) is 0 Å². The minimum Gasteiger partial charge on any atom is -0.496 e. The predicted octanol–water partition coefficient (Wildman–Crippen LogP) is 3.23. The molecule has 0 saturated carbocycles. The maximum atomic E-state index is 5.49. The Labute approximate surface area is 107 Å². The van der Waals surface area contributed by atoms with Crippen molar-refractivity contribution in [2.45, 2.75) is 26.2 Å². The lowest BCUT2D eigenvalue weighted by Crippen LogP contribution is -2.12. The van der Waals surface area contributed by atoms with E-state index in [-0.39, 0.29) is 11.4 Å². The SMILES string of the molecule is COc1ccc(-c2coc(N)n2)cc1C(C)(C)C. The Balaban J connectivity index is 2.52. The molecule has 4 heteroatoms. The topological polar surface area (TPSA) is 61.3 Å². The summed E-state index contributed by atoms with van der Waals surface area (Å²) >= 11 is 0. The summed E-state index contributed by atoms with van der Waals surface area (Å²) in [4.78, 5) is 4.13. The van der Waals surface area contributed by atoms with Crippen molar-refractivity contribution in [3.63, 3.8) is 0 Å². The number of nitrogens with zero attached hydrogens (tertiary/aromatic N) is 1. The molecule has 0 unspecified atom stereocenters. The quantitative estimate of drug-likeness (QED) is 0.883. The van der Waals surface area contributed by atoms with E-state index in [0.717, 1.165) is 22.6 Å². The zero-order chi connectivity index (χ0) is 13.3. The first kappa shape index (κ1) is 12.5. The molecule has 0 aliphatic rings. The molecule has 1 aromatic heterocycles. The lowest BCUT2D eigenvalue weighted by molar-refractivity contribution is 0.397. The normalized spacial score (nSPS) is 11.6. The average Bonchev–Trinajstić information content (AvgIpc) is 2.74. The van der Waals surface area contributed by atoms with Gasteiger partial charge in [-0.1, -0.05) is 20.8 Å². The van der Waals surface area contributed by atoms with Crippen molar-refractivity contribution < 1.29 is 9.15 Å². The molecule has 1 aromatic carbocycles. The molecule has 18 heavy (non-hydrogen) atoms. The van der Waals surface area contributed by atoms with Gasteiger partial charge in [-0.25, -0.2) is 0 Å². The fourth-order valence-corrected chi connectivity index (χ4v) is 1.87. The molecule has 2 N–H and O–H groups in total. The van der Waals surface area contributed by atoms with Crippen LogP contribution >= 0.6 is 0 Å². The maximum absolute atomic E-state index is 5.49. The van der Waals surface area contributed by atoms with E-state index in [9.17, 15) is 0 Å². The summed E-state index contributed by atoms with van der Waals surface area (Å²) < 4.78 is 10.4. The van der Waals surface area contributed by atoms with Crippen molar-refractivity contribution in [3.8, 4) is 17.0 Å². The summed E-state index contributed by atoms with van der Waals surface area (Å²) in [5, 5.41) is 0. The fraction of sp³-hybridized carbons (Fsp3) is 0.357. The van der Waals surface area contributed by atoms with Gasteiger partial charge in [0.15, 0.2) is 0 Å². The second-order valence-corrected chi connectivity index (χ2v) is 5.24. The molecule has 4 nitrogen and oxygen atoms in total. The van der Waals surface area contributed by atoms with Crippen LogP contribution in [-0.4, -0.2) is 12.1 Å². The summed E-state index contributed by atoms with van der Waals surface area (Å²) in [5.41, 5.74) is 8.33. The van der Waals surface area contributed by atoms with Crippen molar-refractivity contribution in [2.75, 3.05) is 12.8 Å². The Hall–Kier alpha value is -1.97. The van der Waals surface area contributed by atoms with Gasteiger partial charge in [0, 0.05) is 11.1 Å². The van der Waals surface area contributed by atoms with Crippen LogP contribution in [0.25, 0.3) is 11.3 Å². The van der Waals surface area contributed by atoms with Crippen LogP contribution in [0.3, 0.4) is 0 Å². The number of ether oxygens (including phenoxy) is 1. The highest BCUT2D eigenvalue weighted by Gasteiger charge is 2.20. The zero-order valence-electron chi connectivity index (χ0n) is 11.2. The number of nitrogen functional groups attached to an aromatic ring is 1. The Morgan fingerprint density at radius 2 is 2.00 bits per heavy atom. The van der Waals surface area contributed by atoms with Crippen LogP contribution in [0, 0.1) is 0 Å². The summed E-state index contributed by atoms with van der Waals surface area (Å²) in [7, 11) is 1.68. The van der Waals surface area contributed by atoms with Crippen LogP contribution in [0.1, 0.15) is 26.3 Å². The van der Waals surface area contributed by atoms with Gasteiger partial charge in [-0.2, -0.15) is 4.98 Å². The van der Waals surface area contributed by atoms with E-state index in [0.29, 0.717) is 0 Å². The second-order valence-electron chi connectivity index (χ2n) is 5.24. The lowest BCUT2D eigenvalue weighted by atomic mass is 9.85. The van der Waals surface area contributed by atoms with Crippen molar-refractivity contribution in [1.82, 2.24) is 4.98 Å². The molecule has 0 radical (unpaired) electrons. The smallest absolute Gasteiger partial charge is 0.292 e. The van der Waals surface area contributed by atoms with Crippen molar-refractivity contribution in [3.05, 3.63) is 30.0 Å². The fourth-order valence-electron chi connectivity index (χ4n) is 1.87. The number of anilines is 1. The Bertz CT molecular complexity index is 553. The van der Waals surface area contributed by atoms with Gasteiger partial charge >= 0.3 is 0 Å². The third-order valence-corrected chi connectivity index (χ3v) is 2.83. The highest BCUT2D eigenvalue weighted by atomic mass is 16.5. The van der Waals surface area contributed by atoms with Crippen LogP contribution < -0.4 is 10.5 Å². The number of rotatable bonds is 2. The van der Waals surface area contributed by atoms with Gasteiger partial charge in [0.25, 0.3) is 6.01 Å². The van der Waals surface area contributed by atoms with E-state index in [2.05, 4.69) is 31.8 Å². The Morgan fingerprint density at radius 3 is 2.50 bits per heavy atom. The molecule has 2 rings (SSSR count). The number of benzene rings is 1. The summed E-state index contributed by atoms with van der Waals surface area (Å²) in [6.07, 6.45) is 1.56. The molecule has 0 atom stereocenters. The average molecular weight is 246 g/mol. The highest BCUT2D eigenvalue weighted by Crippen LogP contribution is 2.34. The summed E-state index contributed by atoms with van der Waals surface area (Å²) in [6.45, 7) is 6.43. The molecule has 0 spiro atoms. The lowest BCUT2D eigenvalue weighted by Gasteiger charge is -2.22. The molecule has 96 valence electrons.